The number of nitrogens with one attached hydrogen (secondary N) is 1. The lowest BCUT2D eigenvalue weighted by Gasteiger charge is -2.32. The number of amides is 2. The molecule has 2 aliphatic carbocycles. The zero-order valence-corrected chi connectivity index (χ0v) is 24.5. The fraction of sp³-hybridized carbons (Fsp3) is 0.486. The van der Waals surface area contributed by atoms with Gasteiger partial charge in [0, 0.05) is 31.1 Å². The van der Waals surface area contributed by atoms with Gasteiger partial charge >= 0.3 is 6.03 Å². The Balaban J connectivity index is 0.00000205. The van der Waals surface area contributed by atoms with Crippen molar-refractivity contribution in [3.8, 4) is 0 Å². The van der Waals surface area contributed by atoms with Crippen molar-refractivity contribution in [1.29, 1.82) is 0 Å². The Bertz CT molecular complexity index is 1090. The van der Waals surface area contributed by atoms with Gasteiger partial charge < -0.3 is 10.2 Å². The molecule has 4 nitrogen and oxygen atoms in total. The number of Topliss-reactive ketones (excluding diaryl/α,β-unsaturated/α-hetero) is 1. The first-order valence-electron chi connectivity index (χ1n) is 15.1. The summed E-state index contributed by atoms with van der Waals surface area (Å²) in [6, 6.07) is 18.2. The Hall–Kier alpha value is -3.14. The smallest absolute Gasteiger partial charge is 0.320 e. The van der Waals surface area contributed by atoms with Gasteiger partial charge in [-0.1, -0.05) is 101 Å². The first-order valence-corrected chi connectivity index (χ1v) is 15.1. The highest BCUT2D eigenvalue weighted by atomic mass is 16.2. The van der Waals surface area contributed by atoms with Gasteiger partial charge in [0.15, 0.2) is 0 Å². The number of para-hydroxylation sites is 1. The third-order valence-corrected chi connectivity index (χ3v) is 7.87. The molecule has 2 aromatic rings. The van der Waals surface area contributed by atoms with Crippen LogP contribution in [-0.4, -0.2) is 23.3 Å². The molecule has 0 bridgehead atoms. The molecule has 210 valence electrons. The minimum Gasteiger partial charge on any atom is -0.320 e. The van der Waals surface area contributed by atoms with Gasteiger partial charge in [-0.3, -0.25) is 4.79 Å². The third kappa shape index (κ3) is 8.95. The van der Waals surface area contributed by atoms with Gasteiger partial charge in [0.1, 0.15) is 5.78 Å². The quantitative estimate of drug-likeness (QED) is 0.334. The molecule has 1 fully saturated rings. The minimum absolute atomic E-state index is 0.0767. The van der Waals surface area contributed by atoms with Crippen molar-refractivity contribution in [1.82, 2.24) is 4.90 Å². The monoisotopic (exact) mass is 528 g/mol. The van der Waals surface area contributed by atoms with Crippen LogP contribution in [0.2, 0.25) is 0 Å². The molecule has 0 aliphatic heterocycles. The van der Waals surface area contributed by atoms with Crippen LogP contribution in [0.25, 0.3) is 0 Å². The van der Waals surface area contributed by atoms with Crippen LogP contribution in [0.15, 0.2) is 78.4 Å². The first kappa shape index (κ1) is 30.4. The molecule has 3 atom stereocenters. The van der Waals surface area contributed by atoms with E-state index in [1.54, 1.807) is 0 Å². The molecule has 0 heterocycles. The van der Waals surface area contributed by atoms with Crippen molar-refractivity contribution >= 4 is 17.5 Å². The zero-order chi connectivity index (χ0) is 28.0. The van der Waals surface area contributed by atoms with E-state index in [4.69, 9.17) is 0 Å². The normalized spacial score (nSPS) is 19.2. The molecular formula is C35H48N2O2. The summed E-state index contributed by atoms with van der Waals surface area (Å²) in [4.78, 5) is 28.2. The molecule has 2 amide bonds. The molecule has 39 heavy (non-hydrogen) atoms. The van der Waals surface area contributed by atoms with Crippen LogP contribution in [0.3, 0.4) is 0 Å². The number of hydrogen-bond donors (Lipinski definition) is 1. The minimum atomic E-state index is -0.0767. The average molecular weight is 529 g/mol. The first-order chi connectivity index (χ1) is 19.0. The maximum Gasteiger partial charge on any atom is 0.322 e. The topological polar surface area (TPSA) is 49.4 Å². The molecule has 0 saturated heterocycles. The van der Waals surface area contributed by atoms with E-state index in [2.05, 4.69) is 61.7 Å². The number of anilines is 1. The highest BCUT2D eigenvalue weighted by molar-refractivity contribution is 5.89. The van der Waals surface area contributed by atoms with Crippen LogP contribution in [-0.2, 0) is 11.3 Å². The predicted octanol–water partition coefficient (Wildman–Crippen LogP) is 9.30. The number of allylic oxidation sites excluding steroid dienone is 4. The standard InChI is InChI=1S/C33H42N2O2.C2H6/c1-3-22-35(33(37)34-29-14-8-5-9-15-29)24-26-18-20-28(21-19-26)30-16-10-11-17-31(30)32(36)23-25(2)27-12-6-4-7-13-27;1-2/h5-6,8-9,12-15,18-21,25,30-31H,3-4,7,10-11,16-17,22-24H2,1-2H3,(H,34,37);1-2H3/t25-,30+,31?;/m1./s1. The van der Waals surface area contributed by atoms with E-state index < -0.39 is 0 Å². The van der Waals surface area contributed by atoms with Gasteiger partial charge in [0.2, 0.25) is 0 Å². The molecular weight excluding hydrogens is 480 g/mol. The molecule has 4 rings (SSSR count). The summed E-state index contributed by atoms with van der Waals surface area (Å²) in [6.07, 6.45) is 14.9. The second-order valence-electron chi connectivity index (χ2n) is 10.7. The molecule has 0 spiro atoms. The molecule has 0 aromatic heterocycles. The summed E-state index contributed by atoms with van der Waals surface area (Å²) in [6.45, 7) is 9.56. The summed E-state index contributed by atoms with van der Waals surface area (Å²) in [5.74, 6) is 1.13. The molecule has 1 saturated carbocycles. The second kappa shape index (κ2) is 16.1. The number of carbonyl (C=O) groups is 2. The number of ketones is 1. The van der Waals surface area contributed by atoms with Crippen LogP contribution in [0.5, 0.6) is 0 Å². The summed E-state index contributed by atoms with van der Waals surface area (Å²) >= 11 is 0. The van der Waals surface area contributed by atoms with Crippen molar-refractivity contribution in [3.05, 3.63) is 89.5 Å². The van der Waals surface area contributed by atoms with Crippen molar-refractivity contribution in [2.24, 2.45) is 11.8 Å². The molecule has 2 aliphatic rings. The summed E-state index contributed by atoms with van der Waals surface area (Å²) < 4.78 is 0. The third-order valence-electron chi connectivity index (χ3n) is 7.87. The largest absolute Gasteiger partial charge is 0.322 e. The van der Waals surface area contributed by atoms with Crippen molar-refractivity contribution < 1.29 is 9.59 Å². The van der Waals surface area contributed by atoms with E-state index in [9.17, 15) is 9.59 Å². The number of nitrogens with zero attached hydrogens (tertiary/aromatic N) is 1. The van der Waals surface area contributed by atoms with Crippen LogP contribution in [0.1, 0.15) is 96.1 Å². The van der Waals surface area contributed by atoms with E-state index in [0.717, 1.165) is 49.8 Å². The van der Waals surface area contributed by atoms with Crippen molar-refractivity contribution in [2.75, 3.05) is 11.9 Å². The van der Waals surface area contributed by atoms with E-state index in [1.165, 1.54) is 17.6 Å². The van der Waals surface area contributed by atoms with E-state index in [1.807, 2.05) is 49.1 Å². The molecule has 1 N–H and O–H groups in total. The predicted molar refractivity (Wildman–Crippen MR) is 164 cm³/mol. The Morgan fingerprint density at radius 2 is 1.69 bits per heavy atom. The highest BCUT2D eigenvalue weighted by Crippen LogP contribution is 2.40. The van der Waals surface area contributed by atoms with Crippen molar-refractivity contribution in [2.45, 2.75) is 91.5 Å². The van der Waals surface area contributed by atoms with Crippen LogP contribution in [0.4, 0.5) is 10.5 Å². The van der Waals surface area contributed by atoms with Gasteiger partial charge in [-0.05, 0) is 72.8 Å². The van der Waals surface area contributed by atoms with E-state index in [0.29, 0.717) is 37.1 Å². The number of rotatable bonds is 10. The SMILES string of the molecule is CC.CCCN(Cc1ccc([C@@H]2CCCCC2C(=O)C[C@@H](C)C2=CCCC=C2)cc1)C(=O)Nc1ccccc1. The second-order valence-corrected chi connectivity index (χ2v) is 10.7. The summed E-state index contributed by atoms with van der Waals surface area (Å²) in [5.41, 5.74) is 4.51. The zero-order valence-electron chi connectivity index (χ0n) is 24.5. The van der Waals surface area contributed by atoms with Crippen LogP contribution >= 0.6 is 0 Å². The number of hydrogen-bond acceptors (Lipinski definition) is 2. The Labute approximate surface area is 236 Å². The molecule has 4 heteroatoms. The van der Waals surface area contributed by atoms with Crippen LogP contribution in [0, 0.1) is 11.8 Å². The lowest BCUT2D eigenvalue weighted by molar-refractivity contribution is -0.125. The molecule has 2 aromatic carbocycles. The number of urea groups is 1. The maximum atomic E-state index is 13.4. The maximum absolute atomic E-state index is 13.4. The van der Waals surface area contributed by atoms with Gasteiger partial charge in [0.05, 0.1) is 0 Å². The van der Waals surface area contributed by atoms with Crippen LogP contribution < -0.4 is 5.32 Å². The van der Waals surface area contributed by atoms with Gasteiger partial charge in [-0.15, -0.1) is 0 Å². The fourth-order valence-electron chi connectivity index (χ4n) is 5.82. The van der Waals surface area contributed by atoms with E-state index in [-0.39, 0.29) is 11.9 Å². The Morgan fingerprint density at radius 1 is 0.974 bits per heavy atom. The van der Waals surface area contributed by atoms with Crippen molar-refractivity contribution in [3.63, 3.8) is 0 Å². The number of benzene rings is 2. The average Bonchev–Trinajstić information content (AvgIpc) is 2.99. The summed E-state index contributed by atoms with van der Waals surface area (Å²) in [7, 11) is 0. The lowest BCUT2D eigenvalue weighted by atomic mass is 9.71. The Kier molecular flexibility index (Phi) is 12.5. The van der Waals surface area contributed by atoms with Gasteiger partial charge in [-0.2, -0.15) is 0 Å². The van der Waals surface area contributed by atoms with Gasteiger partial charge in [0.25, 0.3) is 0 Å². The lowest BCUT2D eigenvalue weighted by Crippen LogP contribution is -2.35. The Morgan fingerprint density at radius 3 is 2.36 bits per heavy atom. The van der Waals surface area contributed by atoms with E-state index >= 15 is 0 Å². The molecule has 1 unspecified atom stereocenters. The fourth-order valence-corrected chi connectivity index (χ4v) is 5.82. The van der Waals surface area contributed by atoms with Gasteiger partial charge in [-0.25, -0.2) is 4.79 Å². The highest BCUT2D eigenvalue weighted by Gasteiger charge is 2.32. The molecule has 0 radical (unpaired) electrons. The number of carbonyl (C=O) groups excluding carboxylic acids is 2. The summed E-state index contributed by atoms with van der Waals surface area (Å²) in [5, 5.41) is 3.01.